The summed E-state index contributed by atoms with van der Waals surface area (Å²) in [4.78, 5) is 11.2. The maximum Gasteiger partial charge on any atom is 0.356 e. The fourth-order valence-electron chi connectivity index (χ4n) is 1.57. The third-order valence-corrected chi connectivity index (χ3v) is 3.01. The number of carbonyl (C=O) groups excluding carboxylic acids is 1. The first-order valence-corrected chi connectivity index (χ1v) is 4.93. The van der Waals surface area contributed by atoms with Gasteiger partial charge < -0.3 is 9.47 Å². The molecular formula is C9H15ClO3. The molecule has 0 spiro atoms. The van der Waals surface area contributed by atoms with Crippen molar-refractivity contribution >= 4 is 17.6 Å². The molecule has 0 aromatic carbocycles. The third-order valence-electron chi connectivity index (χ3n) is 2.55. The molecule has 13 heavy (non-hydrogen) atoms. The standard InChI is InChI=1S/C9H15ClO3/c1-4-6(5-2)7-9(10,13-7)8(11)12-3/h6-7H,4-5H2,1-3H3. The van der Waals surface area contributed by atoms with Crippen molar-refractivity contribution in [3.05, 3.63) is 0 Å². The Kier molecular flexibility index (Phi) is 3.19. The number of ether oxygens (including phenoxy) is 2. The Hall–Kier alpha value is -0.280. The van der Waals surface area contributed by atoms with E-state index < -0.39 is 11.0 Å². The number of hydrogen-bond acceptors (Lipinski definition) is 3. The minimum Gasteiger partial charge on any atom is -0.466 e. The Bertz CT molecular complexity index is 203. The van der Waals surface area contributed by atoms with Crippen molar-refractivity contribution in [2.75, 3.05) is 7.11 Å². The molecule has 0 amide bonds. The number of epoxide rings is 1. The summed E-state index contributed by atoms with van der Waals surface area (Å²) in [7, 11) is 1.32. The van der Waals surface area contributed by atoms with Crippen LogP contribution < -0.4 is 0 Å². The van der Waals surface area contributed by atoms with Crippen LogP contribution in [0.4, 0.5) is 0 Å². The average Bonchev–Trinajstić information content (AvgIpc) is 2.81. The smallest absolute Gasteiger partial charge is 0.356 e. The molecule has 1 heterocycles. The fourth-order valence-corrected chi connectivity index (χ4v) is 1.92. The van der Waals surface area contributed by atoms with Gasteiger partial charge in [-0.15, -0.1) is 0 Å². The van der Waals surface area contributed by atoms with Crippen molar-refractivity contribution in [1.82, 2.24) is 0 Å². The number of methoxy groups -OCH3 is 1. The zero-order chi connectivity index (χ0) is 10.1. The lowest BCUT2D eigenvalue weighted by Gasteiger charge is -2.09. The molecule has 4 heteroatoms. The Labute approximate surface area is 83.3 Å². The normalized spacial score (nSPS) is 31.9. The summed E-state index contributed by atoms with van der Waals surface area (Å²) < 4.78 is 9.74. The minimum absolute atomic E-state index is 0.170. The van der Waals surface area contributed by atoms with Gasteiger partial charge in [0.05, 0.1) is 7.11 Å². The van der Waals surface area contributed by atoms with Crippen LogP contribution in [-0.2, 0) is 14.3 Å². The molecule has 2 atom stereocenters. The highest BCUT2D eigenvalue weighted by Crippen LogP contribution is 2.47. The summed E-state index contributed by atoms with van der Waals surface area (Å²) in [6.45, 7) is 4.12. The molecule has 1 aliphatic heterocycles. The maximum atomic E-state index is 11.2. The second-order valence-electron chi connectivity index (χ2n) is 3.25. The Morgan fingerprint density at radius 3 is 2.54 bits per heavy atom. The van der Waals surface area contributed by atoms with Crippen LogP contribution in [0.3, 0.4) is 0 Å². The molecule has 1 aliphatic rings. The fraction of sp³-hybridized carbons (Fsp3) is 0.889. The summed E-state index contributed by atoms with van der Waals surface area (Å²) in [6, 6.07) is 0. The van der Waals surface area contributed by atoms with E-state index in [2.05, 4.69) is 18.6 Å². The SMILES string of the molecule is CCC(CC)C1OC1(Cl)C(=O)OC. The molecule has 1 fully saturated rings. The first kappa shape index (κ1) is 10.8. The average molecular weight is 207 g/mol. The molecule has 0 N–H and O–H groups in total. The highest BCUT2D eigenvalue weighted by molar-refractivity contribution is 6.35. The molecule has 0 saturated carbocycles. The first-order chi connectivity index (χ1) is 6.10. The maximum absolute atomic E-state index is 11.2. The van der Waals surface area contributed by atoms with Crippen LogP contribution in [0.1, 0.15) is 26.7 Å². The number of esters is 1. The van der Waals surface area contributed by atoms with E-state index in [0.29, 0.717) is 5.92 Å². The first-order valence-electron chi connectivity index (χ1n) is 4.55. The van der Waals surface area contributed by atoms with E-state index in [-0.39, 0.29) is 6.10 Å². The monoisotopic (exact) mass is 206 g/mol. The lowest BCUT2D eigenvalue weighted by molar-refractivity contribution is -0.143. The second-order valence-corrected chi connectivity index (χ2v) is 3.81. The molecule has 3 nitrogen and oxygen atoms in total. The Balaban J connectivity index is 2.56. The van der Waals surface area contributed by atoms with Crippen LogP contribution in [0.2, 0.25) is 0 Å². The molecule has 0 bridgehead atoms. The molecule has 0 aromatic heterocycles. The van der Waals surface area contributed by atoms with E-state index in [4.69, 9.17) is 16.3 Å². The van der Waals surface area contributed by atoms with Gasteiger partial charge in [0.25, 0.3) is 5.06 Å². The molecule has 0 radical (unpaired) electrons. The van der Waals surface area contributed by atoms with Gasteiger partial charge in [-0.2, -0.15) is 0 Å². The number of hydrogen-bond donors (Lipinski definition) is 0. The van der Waals surface area contributed by atoms with E-state index in [1.165, 1.54) is 7.11 Å². The minimum atomic E-state index is -1.19. The number of carbonyl (C=O) groups is 1. The lowest BCUT2D eigenvalue weighted by Crippen LogP contribution is -2.25. The predicted octanol–water partition coefficient (Wildman–Crippen LogP) is 1.93. The van der Waals surface area contributed by atoms with Crippen LogP contribution >= 0.6 is 11.6 Å². The van der Waals surface area contributed by atoms with Crippen molar-refractivity contribution < 1.29 is 14.3 Å². The summed E-state index contributed by atoms with van der Waals surface area (Å²) in [6.07, 6.45) is 1.76. The zero-order valence-corrected chi connectivity index (χ0v) is 8.93. The summed E-state index contributed by atoms with van der Waals surface area (Å²) in [5, 5.41) is -1.19. The van der Waals surface area contributed by atoms with Crippen molar-refractivity contribution in [1.29, 1.82) is 0 Å². The van der Waals surface area contributed by atoms with E-state index in [1.54, 1.807) is 0 Å². The van der Waals surface area contributed by atoms with Crippen molar-refractivity contribution in [3.63, 3.8) is 0 Å². The van der Waals surface area contributed by atoms with E-state index >= 15 is 0 Å². The van der Waals surface area contributed by atoms with Gasteiger partial charge >= 0.3 is 5.97 Å². The van der Waals surface area contributed by atoms with E-state index in [1.807, 2.05) is 0 Å². The van der Waals surface area contributed by atoms with Crippen LogP contribution in [0.25, 0.3) is 0 Å². The van der Waals surface area contributed by atoms with Gasteiger partial charge in [-0.05, 0) is 5.92 Å². The van der Waals surface area contributed by atoms with Gasteiger partial charge in [0.2, 0.25) is 0 Å². The molecular weight excluding hydrogens is 192 g/mol. The quantitative estimate of drug-likeness (QED) is 0.401. The summed E-state index contributed by atoms with van der Waals surface area (Å²) in [5.74, 6) is -0.136. The molecule has 2 unspecified atom stereocenters. The van der Waals surface area contributed by atoms with Gasteiger partial charge in [-0.1, -0.05) is 38.3 Å². The molecule has 1 rings (SSSR count). The number of halogens is 1. The lowest BCUT2D eigenvalue weighted by atomic mass is 9.97. The van der Waals surface area contributed by atoms with Crippen molar-refractivity contribution in [3.8, 4) is 0 Å². The second kappa shape index (κ2) is 3.84. The van der Waals surface area contributed by atoms with Gasteiger partial charge in [-0.3, -0.25) is 0 Å². The van der Waals surface area contributed by atoms with Gasteiger partial charge in [0.15, 0.2) is 0 Å². The predicted molar refractivity (Wildman–Crippen MR) is 49.5 cm³/mol. The zero-order valence-electron chi connectivity index (χ0n) is 8.17. The Morgan fingerprint density at radius 1 is 1.62 bits per heavy atom. The molecule has 0 aromatic rings. The van der Waals surface area contributed by atoms with Gasteiger partial charge in [-0.25, -0.2) is 4.79 Å². The summed E-state index contributed by atoms with van der Waals surface area (Å²) >= 11 is 5.92. The molecule has 0 aliphatic carbocycles. The largest absolute Gasteiger partial charge is 0.466 e. The number of rotatable bonds is 4. The summed E-state index contributed by atoms with van der Waals surface area (Å²) in [5.41, 5.74) is 0. The highest BCUT2D eigenvalue weighted by Gasteiger charge is 2.64. The topological polar surface area (TPSA) is 38.8 Å². The third kappa shape index (κ3) is 1.81. The van der Waals surface area contributed by atoms with Crippen molar-refractivity contribution in [2.45, 2.75) is 37.9 Å². The van der Waals surface area contributed by atoms with Crippen LogP contribution in [0, 0.1) is 5.92 Å². The van der Waals surface area contributed by atoms with Gasteiger partial charge in [0.1, 0.15) is 6.10 Å². The van der Waals surface area contributed by atoms with Crippen LogP contribution in [0.5, 0.6) is 0 Å². The van der Waals surface area contributed by atoms with E-state index in [9.17, 15) is 4.79 Å². The van der Waals surface area contributed by atoms with E-state index in [0.717, 1.165) is 12.8 Å². The van der Waals surface area contributed by atoms with Crippen LogP contribution in [0.15, 0.2) is 0 Å². The molecule has 1 saturated heterocycles. The van der Waals surface area contributed by atoms with Crippen LogP contribution in [-0.4, -0.2) is 24.2 Å². The number of alkyl halides is 1. The molecule has 76 valence electrons. The Morgan fingerprint density at radius 2 is 2.15 bits per heavy atom. The van der Waals surface area contributed by atoms with Crippen molar-refractivity contribution in [2.24, 2.45) is 5.92 Å². The highest BCUT2D eigenvalue weighted by atomic mass is 35.5. The van der Waals surface area contributed by atoms with Gasteiger partial charge in [0, 0.05) is 0 Å².